The third-order valence-corrected chi connectivity index (χ3v) is 1.17. The van der Waals surface area contributed by atoms with Crippen molar-refractivity contribution in [2.24, 2.45) is 0 Å². The van der Waals surface area contributed by atoms with Gasteiger partial charge < -0.3 is 0 Å². The Kier molecular flexibility index (Phi) is 1.04. The molecule has 10 heavy (non-hydrogen) atoms. The molecule has 4 nitrogen and oxygen atoms in total. The molecule has 2 rings (SSSR count). The van der Waals surface area contributed by atoms with Crippen LogP contribution in [-0.2, 0) is 0 Å². The largest absolute Gasteiger partial charge is 0.234 e. The van der Waals surface area contributed by atoms with E-state index in [9.17, 15) is 0 Å². The highest BCUT2D eigenvalue weighted by Crippen LogP contribution is 1.99. The molecule has 48 valence electrons. The van der Waals surface area contributed by atoms with Crippen LogP contribution in [0.3, 0.4) is 0 Å². The van der Waals surface area contributed by atoms with E-state index in [-0.39, 0.29) is 0 Å². The van der Waals surface area contributed by atoms with Crippen LogP contribution in [0.25, 0.3) is 11.2 Å². The van der Waals surface area contributed by atoms with Gasteiger partial charge in [-0.3, -0.25) is 0 Å². The predicted octanol–water partition coefficient (Wildman–Crippen LogP) is 0.420. The molecule has 2 heterocycles. The van der Waals surface area contributed by atoms with E-state index in [0.29, 0.717) is 5.65 Å². The lowest BCUT2D eigenvalue weighted by atomic mass is 10.4. The van der Waals surface area contributed by atoms with Crippen molar-refractivity contribution < 1.29 is 0 Å². The lowest BCUT2D eigenvalue weighted by Gasteiger charge is -1.88. The standard InChI is InChI=1S/C6H4N4/c1-2-5-6(7-3-1)10-9-4-8-5/h1-4H. The van der Waals surface area contributed by atoms with Crippen molar-refractivity contribution in [2.45, 2.75) is 0 Å². The summed E-state index contributed by atoms with van der Waals surface area (Å²) in [5.74, 6) is 0. The average molecular weight is 132 g/mol. The lowest BCUT2D eigenvalue weighted by Crippen LogP contribution is -1.87. The minimum Gasteiger partial charge on any atom is -0.234 e. The summed E-state index contributed by atoms with van der Waals surface area (Å²) in [4.78, 5) is 7.89. The van der Waals surface area contributed by atoms with E-state index in [2.05, 4.69) is 20.2 Å². The van der Waals surface area contributed by atoms with Gasteiger partial charge in [0.1, 0.15) is 11.8 Å². The SMILES string of the molecule is c1cnc2nncnc2c1. The second-order valence-corrected chi connectivity index (χ2v) is 1.81. The predicted molar refractivity (Wildman–Crippen MR) is 35.1 cm³/mol. The maximum absolute atomic E-state index is 3.95. The molecule has 0 saturated carbocycles. The number of hydrogen-bond acceptors (Lipinski definition) is 4. The third kappa shape index (κ3) is 0.699. The van der Waals surface area contributed by atoms with Gasteiger partial charge in [0.15, 0.2) is 5.65 Å². The highest BCUT2D eigenvalue weighted by Gasteiger charge is 1.91. The van der Waals surface area contributed by atoms with E-state index in [1.54, 1.807) is 6.20 Å². The smallest absolute Gasteiger partial charge is 0.200 e. The van der Waals surface area contributed by atoms with Crippen molar-refractivity contribution in [1.82, 2.24) is 20.2 Å². The Hall–Kier alpha value is -1.58. The molecule has 2 aromatic rings. The number of hydrogen-bond donors (Lipinski definition) is 0. The molecule has 0 aliphatic rings. The van der Waals surface area contributed by atoms with E-state index >= 15 is 0 Å². The Morgan fingerprint density at radius 2 is 2.20 bits per heavy atom. The van der Waals surface area contributed by atoms with Crippen LogP contribution in [0.15, 0.2) is 24.7 Å². The first-order chi connectivity index (χ1) is 4.97. The first kappa shape index (κ1) is 5.22. The molecule has 0 atom stereocenters. The van der Waals surface area contributed by atoms with Crippen LogP contribution in [0, 0.1) is 0 Å². The van der Waals surface area contributed by atoms with Crippen molar-refractivity contribution in [3.8, 4) is 0 Å². The van der Waals surface area contributed by atoms with Crippen molar-refractivity contribution in [1.29, 1.82) is 0 Å². The molecule has 0 amide bonds. The topological polar surface area (TPSA) is 51.6 Å². The first-order valence-electron chi connectivity index (χ1n) is 2.85. The Balaban J connectivity index is 2.89. The molecule has 0 spiro atoms. The zero-order valence-corrected chi connectivity index (χ0v) is 5.10. The molecular weight excluding hydrogens is 128 g/mol. The number of fused-ring (bicyclic) bond motifs is 1. The number of aromatic nitrogens is 4. The van der Waals surface area contributed by atoms with Crippen molar-refractivity contribution in [3.05, 3.63) is 24.7 Å². The fourth-order valence-corrected chi connectivity index (χ4v) is 0.735. The Bertz CT molecular complexity index is 281. The van der Waals surface area contributed by atoms with E-state index in [0.717, 1.165) is 5.52 Å². The highest BCUT2D eigenvalue weighted by molar-refractivity contribution is 5.67. The molecule has 0 aromatic carbocycles. The summed E-state index contributed by atoms with van der Waals surface area (Å²) < 4.78 is 0. The molecule has 0 aliphatic carbocycles. The van der Waals surface area contributed by atoms with Crippen LogP contribution in [-0.4, -0.2) is 20.2 Å². The summed E-state index contributed by atoms with van der Waals surface area (Å²) in [5.41, 5.74) is 1.36. The minimum atomic E-state index is 0.588. The normalized spacial score (nSPS) is 10.0. The maximum atomic E-state index is 3.95. The molecule has 0 saturated heterocycles. The van der Waals surface area contributed by atoms with Crippen LogP contribution in [0.2, 0.25) is 0 Å². The molecule has 4 heteroatoms. The van der Waals surface area contributed by atoms with Gasteiger partial charge in [-0.1, -0.05) is 0 Å². The van der Waals surface area contributed by atoms with E-state index in [1.807, 2.05) is 12.1 Å². The van der Waals surface area contributed by atoms with Crippen molar-refractivity contribution in [3.63, 3.8) is 0 Å². The summed E-state index contributed by atoms with van der Waals surface area (Å²) in [6.45, 7) is 0. The number of nitrogens with zero attached hydrogens (tertiary/aromatic N) is 4. The van der Waals surface area contributed by atoms with E-state index in [4.69, 9.17) is 0 Å². The summed E-state index contributed by atoms with van der Waals surface area (Å²) in [6.07, 6.45) is 3.07. The van der Waals surface area contributed by atoms with Gasteiger partial charge >= 0.3 is 0 Å². The van der Waals surface area contributed by atoms with Crippen LogP contribution in [0.4, 0.5) is 0 Å². The molecule has 0 radical (unpaired) electrons. The fourth-order valence-electron chi connectivity index (χ4n) is 0.735. The van der Waals surface area contributed by atoms with Gasteiger partial charge in [0.2, 0.25) is 0 Å². The first-order valence-corrected chi connectivity index (χ1v) is 2.85. The van der Waals surface area contributed by atoms with Gasteiger partial charge in [-0.2, -0.15) is 0 Å². The van der Waals surface area contributed by atoms with Gasteiger partial charge in [-0.25, -0.2) is 9.97 Å². The van der Waals surface area contributed by atoms with Gasteiger partial charge in [0.25, 0.3) is 0 Å². The van der Waals surface area contributed by atoms with Crippen molar-refractivity contribution >= 4 is 11.2 Å². The minimum absolute atomic E-state index is 0.588. The summed E-state index contributed by atoms with van der Waals surface area (Å²) >= 11 is 0. The summed E-state index contributed by atoms with van der Waals surface area (Å²) in [7, 11) is 0. The van der Waals surface area contributed by atoms with Crippen LogP contribution >= 0.6 is 0 Å². The second-order valence-electron chi connectivity index (χ2n) is 1.81. The van der Waals surface area contributed by atoms with Crippen LogP contribution in [0.1, 0.15) is 0 Å². The zero-order valence-electron chi connectivity index (χ0n) is 5.10. The Morgan fingerprint density at radius 3 is 3.10 bits per heavy atom. The Morgan fingerprint density at radius 1 is 1.20 bits per heavy atom. The van der Waals surface area contributed by atoms with Crippen LogP contribution < -0.4 is 0 Å². The van der Waals surface area contributed by atoms with E-state index in [1.165, 1.54) is 6.33 Å². The third-order valence-electron chi connectivity index (χ3n) is 1.17. The lowest BCUT2D eigenvalue weighted by molar-refractivity contribution is 1.00. The molecule has 0 bridgehead atoms. The fraction of sp³-hybridized carbons (Fsp3) is 0. The van der Waals surface area contributed by atoms with Gasteiger partial charge in [0.05, 0.1) is 0 Å². The van der Waals surface area contributed by atoms with Crippen LogP contribution in [0.5, 0.6) is 0 Å². The van der Waals surface area contributed by atoms with Gasteiger partial charge in [-0.05, 0) is 12.1 Å². The quantitative estimate of drug-likeness (QED) is 0.521. The number of pyridine rings is 1. The molecular formula is C6H4N4. The second kappa shape index (κ2) is 1.98. The van der Waals surface area contributed by atoms with Crippen molar-refractivity contribution in [2.75, 3.05) is 0 Å². The van der Waals surface area contributed by atoms with Gasteiger partial charge in [0, 0.05) is 6.20 Å². The average Bonchev–Trinajstić information content (AvgIpc) is 2.05. The summed E-state index contributed by atoms with van der Waals surface area (Å²) in [6, 6.07) is 3.66. The molecule has 0 N–H and O–H groups in total. The van der Waals surface area contributed by atoms with E-state index < -0.39 is 0 Å². The number of rotatable bonds is 0. The monoisotopic (exact) mass is 132 g/mol. The molecule has 0 fully saturated rings. The molecule has 0 aliphatic heterocycles. The molecule has 0 unspecified atom stereocenters. The highest BCUT2D eigenvalue weighted by atomic mass is 15.2. The Labute approximate surface area is 57.0 Å². The molecule has 2 aromatic heterocycles. The van der Waals surface area contributed by atoms with Gasteiger partial charge in [-0.15, -0.1) is 10.2 Å². The maximum Gasteiger partial charge on any atom is 0.200 e. The zero-order chi connectivity index (χ0) is 6.81. The summed E-state index contributed by atoms with van der Waals surface area (Å²) in [5, 5.41) is 7.35.